The van der Waals surface area contributed by atoms with Crippen LogP contribution < -0.4 is 5.32 Å². The second-order valence-corrected chi connectivity index (χ2v) is 6.38. The molecular formula is C17H36BrNO. The molecular weight excluding hydrogens is 314 g/mol. The average Bonchev–Trinajstić information content (AvgIpc) is 2.52. The monoisotopic (exact) mass is 349 g/mol. The highest BCUT2D eigenvalue weighted by Crippen LogP contribution is 2.11. The summed E-state index contributed by atoms with van der Waals surface area (Å²) in [6.07, 6.45) is 15.8. The van der Waals surface area contributed by atoms with Crippen LogP contribution >= 0.6 is 15.9 Å². The Kier molecular flexibility index (Phi) is 19.8. The Labute approximate surface area is 135 Å². The van der Waals surface area contributed by atoms with Crippen molar-refractivity contribution in [2.45, 2.75) is 77.6 Å². The summed E-state index contributed by atoms with van der Waals surface area (Å²) in [5.74, 6) is 0. The number of rotatable bonds is 11. The molecule has 1 aliphatic rings. The van der Waals surface area contributed by atoms with Gasteiger partial charge in [0, 0.05) is 18.4 Å². The van der Waals surface area contributed by atoms with Crippen molar-refractivity contribution in [1.29, 1.82) is 0 Å². The Morgan fingerprint density at radius 2 is 1.20 bits per heavy atom. The van der Waals surface area contributed by atoms with Crippen LogP contribution in [0.2, 0.25) is 0 Å². The highest BCUT2D eigenvalue weighted by Gasteiger charge is 1.93. The summed E-state index contributed by atoms with van der Waals surface area (Å²) in [5, 5.41) is 4.34. The van der Waals surface area contributed by atoms with Gasteiger partial charge < -0.3 is 10.1 Å². The summed E-state index contributed by atoms with van der Waals surface area (Å²) in [6.45, 7) is 6.11. The smallest absolute Gasteiger partial charge is 0.0591 e. The lowest BCUT2D eigenvalue weighted by atomic mass is 10.1. The van der Waals surface area contributed by atoms with Crippen molar-refractivity contribution in [3.63, 3.8) is 0 Å². The average molecular weight is 350 g/mol. The number of alkyl halides is 1. The fourth-order valence-corrected chi connectivity index (χ4v) is 2.67. The minimum Gasteiger partial charge on any atom is -0.379 e. The molecule has 0 aromatic rings. The lowest BCUT2D eigenvalue weighted by molar-refractivity contribution is 0.109. The third-order valence-corrected chi connectivity index (χ3v) is 4.14. The van der Waals surface area contributed by atoms with Crippen molar-refractivity contribution < 1.29 is 4.74 Å². The van der Waals surface area contributed by atoms with E-state index in [9.17, 15) is 0 Å². The standard InChI is InChI=1S/C13H27Br.C4H9NO/c1-2-3-4-5-6-7-8-9-10-11-12-13-14;1-3-6-4-2-5-1/h2-13H2,1H3;5H,1-4H2. The summed E-state index contributed by atoms with van der Waals surface area (Å²) < 4.78 is 5.01. The first-order valence-corrected chi connectivity index (χ1v) is 9.88. The Bertz CT molecular complexity index is 140. The molecule has 0 unspecified atom stereocenters. The van der Waals surface area contributed by atoms with Gasteiger partial charge in [-0.15, -0.1) is 0 Å². The molecule has 1 heterocycles. The molecule has 122 valence electrons. The van der Waals surface area contributed by atoms with Crippen LogP contribution in [-0.2, 0) is 4.74 Å². The van der Waals surface area contributed by atoms with Crippen molar-refractivity contribution in [3.8, 4) is 0 Å². The molecule has 0 radical (unpaired) electrons. The molecule has 0 bridgehead atoms. The van der Waals surface area contributed by atoms with Gasteiger partial charge in [-0.1, -0.05) is 87.1 Å². The van der Waals surface area contributed by atoms with E-state index < -0.39 is 0 Å². The Morgan fingerprint density at radius 3 is 1.50 bits per heavy atom. The molecule has 1 saturated heterocycles. The molecule has 0 aliphatic carbocycles. The van der Waals surface area contributed by atoms with Gasteiger partial charge in [-0.05, 0) is 6.42 Å². The fraction of sp³-hybridized carbons (Fsp3) is 1.00. The lowest BCUT2D eigenvalue weighted by Crippen LogP contribution is -2.30. The maximum absolute atomic E-state index is 5.01. The largest absolute Gasteiger partial charge is 0.379 e. The van der Waals surface area contributed by atoms with Crippen molar-refractivity contribution >= 4 is 15.9 Å². The Balaban J connectivity index is 0.000000493. The molecule has 0 saturated carbocycles. The molecule has 20 heavy (non-hydrogen) atoms. The predicted octanol–water partition coefficient (Wildman–Crippen LogP) is 5.30. The summed E-state index contributed by atoms with van der Waals surface area (Å²) >= 11 is 3.47. The van der Waals surface area contributed by atoms with E-state index in [0.29, 0.717) is 0 Å². The van der Waals surface area contributed by atoms with E-state index in [0.717, 1.165) is 26.3 Å². The summed E-state index contributed by atoms with van der Waals surface area (Å²) in [4.78, 5) is 0. The highest BCUT2D eigenvalue weighted by molar-refractivity contribution is 9.09. The molecule has 1 N–H and O–H groups in total. The maximum Gasteiger partial charge on any atom is 0.0591 e. The number of hydrogen-bond donors (Lipinski definition) is 1. The molecule has 0 amide bonds. The molecule has 1 aliphatic heterocycles. The number of nitrogens with one attached hydrogen (secondary N) is 1. The van der Waals surface area contributed by atoms with Crippen molar-refractivity contribution in [1.82, 2.24) is 5.32 Å². The van der Waals surface area contributed by atoms with E-state index in [1.165, 1.54) is 76.0 Å². The van der Waals surface area contributed by atoms with Crippen molar-refractivity contribution in [3.05, 3.63) is 0 Å². The lowest BCUT2D eigenvalue weighted by Gasteiger charge is -2.10. The van der Waals surface area contributed by atoms with Gasteiger partial charge >= 0.3 is 0 Å². The van der Waals surface area contributed by atoms with E-state index in [1.54, 1.807) is 0 Å². The van der Waals surface area contributed by atoms with Gasteiger partial charge in [-0.3, -0.25) is 0 Å². The van der Waals surface area contributed by atoms with Crippen LogP contribution in [0.3, 0.4) is 0 Å². The van der Waals surface area contributed by atoms with Gasteiger partial charge in [0.1, 0.15) is 0 Å². The zero-order chi connectivity index (χ0) is 14.7. The minimum atomic E-state index is 0.889. The van der Waals surface area contributed by atoms with Crippen molar-refractivity contribution in [2.75, 3.05) is 31.6 Å². The summed E-state index contributed by atoms with van der Waals surface area (Å²) in [5.41, 5.74) is 0. The predicted molar refractivity (Wildman–Crippen MR) is 93.9 cm³/mol. The van der Waals surface area contributed by atoms with Gasteiger partial charge in [-0.25, -0.2) is 0 Å². The Hall–Kier alpha value is 0.400. The summed E-state index contributed by atoms with van der Waals surface area (Å²) in [7, 11) is 0. The summed E-state index contributed by atoms with van der Waals surface area (Å²) in [6, 6.07) is 0. The molecule has 0 aromatic heterocycles. The van der Waals surface area contributed by atoms with E-state index >= 15 is 0 Å². The topological polar surface area (TPSA) is 21.3 Å². The van der Waals surface area contributed by atoms with Crippen LogP contribution in [0.15, 0.2) is 0 Å². The van der Waals surface area contributed by atoms with Crippen LogP contribution in [0.5, 0.6) is 0 Å². The van der Waals surface area contributed by atoms with E-state index in [1.807, 2.05) is 0 Å². The molecule has 0 aromatic carbocycles. The maximum atomic E-state index is 5.01. The zero-order valence-corrected chi connectivity index (χ0v) is 15.2. The molecule has 2 nitrogen and oxygen atoms in total. The quantitative estimate of drug-likeness (QED) is 0.403. The van der Waals surface area contributed by atoms with Gasteiger partial charge in [0.2, 0.25) is 0 Å². The molecule has 0 atom stereocenters. The third kappa shape index (κ3) is 18.4. The first-order valence-electron chi connectivity index (χ1n) is 8.76. The number of halogens is 1. The van der Waals surface area contributed by atoms with Crippen LogP contribution in [0, 0.1) is 0 Å². The van der Waals surface area contributed by atoms with Gasteiger partial charge in [-0.2, -0.15) is 0 Å². The first kappa shape index (κ1) is 20.4. The van der Waals surface area contributed by atoms with E-state index in [4.69, 9.17) is 4.74 Å². The van der Waals surface area contributed by atoms with E-state index in [2.05, 4.69) is 28.2 Å². The molecule has 1 rings (SSSR count). The van der Waals surface area contributed by atoms with Gasteiger partial charge in [0.15, 0.2) is 0 Å². The number of unbranched alkanes of at least 4 members (excludes halogenated alkanes) is 10. The van der Waals surface area contributed by atoms with Crippen LogP contribution in [0.25, 0.3) is 0 Å². The third-order valence-electron chi connectivity index (χ3n) is 3.58. The SMILES string of the molecule is C1COCCN1.CCCCCCCCCCCCCBr. The number of morpholine rings is 1. The second kappa shape index (κ2) is 19.4. The van der Waals surface area contributed by atoms with Crippen LogP contribution in [0.1, 0.15) is 77.6 Å². The normalized spacial score (nSPS) is 14.7. The molecule has 0 spiro atoms. The first-order chi connectivity index (χ1) is 9.91. The van der Waals surface area contributed by atoms with Gasteiger partial charge in [0.05, 0.1) is 13.2 Å². The zero-order valence-electron chi connectivity index (χ0n) is 13.6. The highest BCUT2D eigenvalue weighted by atomic mass is 79.9. The second-order valence-electron chi connectivity index (χ2n) is 5.59. The van der Waals surface area contributed by atoms with Gasteiger partial charge in [0.25, 0.3) is 0 Å². The van der Waals surface area contributed by atoms with Crippen LogP contribution in [0.4, 0.5) is 0 Å². The van der Waals surface area contributed by atoms with Crippen LogP contribution in [-0.4, -0.2) is 31.6 Å². The Morgan fingerprint density at radius 1 is 0.750 bits per heavy atom. The minimum absolute atomic E-state index is 0.889. The number of ether oxygens (including phenoxy) is 1. The fourth-order valence-electron chi connectivity index (χ4n) is 2.27. The van der Waals surface area contributed by atoms with Crippen molar-refractivity contribution in [2.24, 2.45) is 0 Å². The number of hydrogen-bond acceptors (Lipinski definition) is 2. The molecule has 3 heteroatoms. The molecule has 1 fully saturated rings. The van der Waals surface area contributed by atoms with E-state index in [-0.39, 0.29) is 0 Å².